The van der Waals surface area contributed by atoms with Crippen LogP contribution in [-0.4, -0.2) is 22.1 Å². The molecule has 1 amide bonds. The third-order valence-corrected chi connectivity index (χ3v) is 7.48. The Morgan fingerprint density at radius 3 is 2.56 bits per heavy atom. The van der Waals surface area contributed by atoms with E-state index in [9.17, 15) is 14.7 Å². The zero-order valence-corrected chi connectivity index (χ0v) is 21.0. The number of carboxylic acid groups (broad SMARTS) is 1. The molecular weight excluding hydrogens is 452 g/mol. The fraction of sp³-hybridized carbons (Fsp3) is 0.593. The summed E-state index contributed by atoms with van der Waals surface area (Å²) in [5, 5.41) is 17.2. The van der Waals surface area contributed by atoms with Gasteiger partial charge in [-0.15, -0.1) is 0 Å². The summed E-state index contributed by atoms with van der Waals surface area (Å²) in [6.07, 6.45) is 6.69. The number of carbonyl (C=O) groups is 2. The number of benzene rings is 1. The highest BCUT2D eigenvalue weighted by Crippen LogP contribution is 2.52. The van der Waals surface area contributed by atoms with Gasteiger partial charge in [-0.1, -0.05) is 49.5 Å². The van der Waals surface area contributed by atoms with Crippen molar-refractivity contribution < 1.29 is 19.2 Å². The van der Waals surface area contributed by atoms with E-state index >= 15 is 0 Å². The Hall–Kier alpha value is -2.34. The van der Waals surface area contributed by atoms with Crippen LogP contribution >= 0.6 is 11.6 Å². The van der Waals surface area contributed by atoms with Gasteiger partial charge in [-0.2, -0.15) is 0 Å². The van der Waals surface area contributed by atoms with Crippen LogP contribution < -0.4 is 5.32 Å². The summed E-state index contributed by atoms with van der Waals surface area (Å²) in [7, 11) is 0. The summed E-state index contributed by atoms with van der Waals surface area (Å²) in [4.78, 5) is 24.5. The van der Waals surface area contributed by atoms with Crippen molar-refractivity contribution in [2.45, 2.75) is 89.9 Å². The summed E-state index contributed by atoms with van der Waals surface area (Å²) in [6.45, 7) is 6.45. The molecule has 0 bridgehead atoms. The molecule has 6 nitrogen and oxygen atoms in total. The van der Waals surface area contributed by atoms with E-state index in [2.05, 4.69) is 24.3 Å². The molecule has 1 heterocycles. The van der Waals surface area contributed by atoms with Crippen LogP contribution in [-0.2, 0) is 9.59 Å². The van der Waals surface area contributed by atoms with Gasteiger partial charge >= 0.3 is 5.97 Å². The number of carboxylic acids is 1. The standard InChI is InChI=1S/C27H35ClN2O4/c1-15(2)4-6-17-11-20(12-17)27-25(18-7-8-18)26(30-34-27)19(14-24(32)33)13-23(31)29-22-9-5-16(3)10-21(22)28/h5,9-10,15,17-20H,4,6-8,11-14H2,1-3H3,(H,29,31)(H,32,33). The molecule has 0 saturated heterocycles. The quantitative estimate of drug-likeness (QED) is 0.355. The summed E-state index contributed by atoms with van der Waals surface area (Å²) in [5.74, 6) is 1.36. The van der Waals surface area contributed by atoms with Gasteiger partial charge < -0.3 is 14.9 Å². The Labute approximate surface area is 206 Å². The van der Waals surface area contributed by atoms with E-state index in [1.54, 1.807) is 12.1 Å². The number of anilines is 1. The molecule has 2 N–H and O–H groups in total. The van der Waals surface area contributed by atoms with Crippen LogP contribution in [0.25, 0.3) is 0 Å². The average Bonchev–Trinajstić information content (AvgIpc) is 3.47. The number of aliphatic carboxylic acids is 1. The van der Waals surface area contributed by atoms with Crippen LogP contribution in [0.15, 0.2) is 22.7 Å². The van der Waals surface area contributed by atoms with Crippen LogP contribution in [0.1, 0.15) is 106 Å². The zero-order valence-electron chi connectivity index (χ0n) is 20.3. The van der Waals surface area contributed by atoms with Crippen LogP contribution in [0.2, 0.25) is 5.02 Å². The lowest BCUT2D eigenvalue weighted by molar-refractivity contribution is -0.137. The topological polar surface area (TPSA) is 92.4 Å². The minimum atomic E-state index is -0.949. The van der Waals surface area contributed by atoms with Gasteiger partial charge in [0.1, 0.15) is 5.76 Å². The summed E-state index contributed by atoms with van der Waals surface area (Å²) in [6, 6.07) is 5.42. The van der Waals surface area contributed by atoms with Gasteiger partial charge in [0, 0.05) is 23.8 Å². The van der Waals surface area contributed by atoms with Crippen molar-refractivity contribution in [1.29, 1.82) is 0 Å². The van der Waals surface area contributed by atoms with Crippen molar-refractivity contribution in [3.63, 3.8) is 0 Å². The molecule has 2 aliphatic carbocycles. The van der Waals surface area contributed by atoms with Gasteiger partial charge in [-0.25, -0.2) is 0 Å². The molecule has 2 fully saturated rings. The summed E-state index contributed by atoms with van der Waals surface area (Å²) < 4.78 is 5.87. The predicted molar refractivity (Wildman–Crippen MR) is 132 cm³/mol. The number of aryl methyl sites for hydroxylation is 1. The smallest absolute Gasteiger partial charge is 0.304 e. The second-order valence-corrected chi connectivity index (χ2v) is 11.1. The first kappa shape index (κ1) is 24.8. The normalized spacial score (nSPS) is 20.7. The molecule has 7 heteroatoms. The SMILES string of the molecule is Cc1ccc(NC(=O)CC(CC(=O)O)c2noc(C3CC(CCC(C)C)C3)c2C2CC2)c(Cl)c1. The lowest BCUT2D eigenvalue weighted by Crippen LogP contribution is -2.23. The van der Waals surface area contributed by atoms with Gasteiger partial charge in [0.2, 0.25) is 5.91 Å². The number of nitrogens with one attached hydrogen (secondary N) is 1. The molecule has 2 saturated carbocycles. The molecule has 0 spiro atoms. The molecule has 4 rings (SSSR count). The second kappa shape index (κ2) is 10.5. The maximum atomic E-state index is 12.9. The maximum absolute atomic E-state index is 12.9. The Morgan fingerprint density at radius 1 is 1.21 bits per heavy atom. The third kappa shape index (κ3) is 6.01. The first-order valence-electron chi connectivity index (χ1n) is 12.5. The Morgan fingerprint density at radius 2 is 1.94 bits per heavy atom. The van der Waals surface area contributed by atoms with E-state index in [4.69, 9.17) is 16.1 Å². The van der Waals surface area contributed by atoms with Crippen LogP contribution in [0, 0.1) is 18.8 Å². The number of rotatable bonds is 11. The third-order valence-electron chi connectivity index (χ3n) is 7.17. The maximum Gasteiger partial charge on any atom is 0.304 e. The van der Waals surface area contributed by atoms with E-state index < -0.39 is 11.9 Å². The zero-order chi connectivity index (χ0) is 24.4. The minimum Gasteiger partial charge on any atom is -0.481 e. The molecule has 0 aliphatic heterocycles. The van der Waals surface area contributed by atoms with Crippen molar-refractivity contribution in [2.24, 2.45) is 11.8 Å². The van der Waals surface area contributed by atoms with Gasteiger partial charge in [0.25, 0.3) is 0 Å². The van der Waals surface area contributed by atoms with E-state index in [1.165, 1.54) is 12.8 Å². The van der Waals surface area contributed by atoms with Crippen molar-refractivity contribution in [3.8, 4) is 0 Å². The second-order valence-electron chi connectivity index (χ2n) is 10.7. The molecule has 34 heavy (non-hydrogen) atoms. The number of aromatic nitrogens is 1. The van der Waals surface area contributed by atoms with Gasteiger partial charge in [0.15, 0.2) is 0 Å². The average molecular weight is 487 g/mol. The molecule has 184 valence electrons. The molecule has 0 radical (unpaired) electrons. The van der Waals surface area contributed by atoms with Crippen molar-refractivity contribution >= 4 is 29.2 Å². The first-order valence-corrected chi connectivity index (χ1v) is 12.9. The number of carbonyl (C=O) groups excluding carboxylic acids is 1. The predicted octanol–water partition coefficient (Wildman–Crippen LogP) is 7.03. The van der Waals surface area contributed by atoms with E-state index in [0.717, 1.165) is 54.4 Å². The molecule has 1 aromatic heterocycles. The number of hydrogen-bond acceptors (Lipinski definition) is 4. The number of halogens is 1. The highest BCUT2D eigenvalue weighted by atomic mass is 35.5. The molecule has 1 unspecified atom stereocenters. The van der Waals surface area contributed by atoms with Gasteiger partial charge in [-0.05, 0) is 68.1 Å². The highest BCUT2D eigenvalue weighted by Gasteiger charge is 2.41. The fourth-order valence-electron chi connectivity index (χ4n) is 5.07. The van der Waals surface area contributed by atoms with Crippen molar-refractivity contribution in [3.05, 3.63) is 45.8 Å². The Balaban J connectivity index is 1.49. The number of hydrogen-bond donors (Lipinski definition) is 2. The Bertz CT molecular complexity index is 1040. The largest absolute Gasteiger partial charge is 0.481 e. The van der Waals surface area contributed by atoms with E-state index in [-0.39, 0.29) is 18.7 Å². The highest BCUT2D eigenvalue weighted by molar-refractivity contribution is 6.33. The molecular formula is C27H35ClN2O4. The minimum absolute atomic E-state index is 0.0177. The molecule has 1 aromatic carbocycles. The molecule has 2 aromatic rings. The Kier molecular flexibility index (Phi) is 7.66. The first-order chi connectivity index (χ1) is 16.2. The van der Waals surface area contributed by atoms with Gasteiger partial charge in [-0.3, -0.25) is 9.59 Å². The molecule has 1 atom stereocenters. The lowest BCUT2D eigenvalue weighted by Gasteiger charge is -2.34. The lowest BCUT2D eigenvalue weighted by atomic mass is 9.70. The van der Waals surface area contributed by atoms with E-state index in [0.29, 0.717) is 28.2 Å². The van der Waals surface area contributed by atoms with Crippen LogP contribution in [0.5, 0.6) is 0 Å². The monoisotopic (exact) mass is 486 g/mol. The van der Waals surface area contributed by atoms with E-state index in [1.807, 2.05) is 13.0 Å². The summed E-state index contributed by atoms with van der Waals surface area (Å²) >= 11 is 6.26. The fourth-order valence-corrected chi connectivity index (χ4v) is 5.35. The summed E-state index contributed by atoms with van der Waals surface area (Å²) in [5.41, 5.74) is 3.27. The van der Waals surface area contributed by atoms with Crippen molar-refractivity contribution in [1.82, 2.24) is 5.16 Å². The van der Waals surface area contributed by atoms with Crippen molar-refractivity contribution in [2.75, 3.05) is 5.32 Å². The number of amides is 1. The van der Waals surface area contributed by atoms with Gasteiger partial charge in [0.05, 0.1) is 22.8 Å². The number of nitrogens with zero attached hydrogens (tertiary/aromatic N) is 1. The van der Waals surface area contributed by atoms with Crippen LogP contribution in [0.4, 0.5) is 5.69 Å². The molecule has 2 aliphatic rings. The van der Waals surface area contributed by atoms with Crippen LogP contribution in [0.3, 0.4) is 0 Å².